The minimum Gasteiger partial charge on any atom is -0.393 e. The highest BCUT2D eigenvalue weighted by Crippen LogP contribution is 2.38. The van der Waals surface area contributed by atoms with Crippen molar-refractivity contribution in [2.24, 2.45) is 0 Å². The van der Waals surface area contributed by atoms with Crippen molar-refractivity contribution in [1.82, 2.24) is 4.90 Å². The lowest BCUT2D eigenvalue weighted by Gasteiger charge is -2.37. The molecule has 2 heterocycles. The number of carbonyl (C=O) groups is 1. The Morgan fingerprint density at radius 3 is 2.40 bits per heavy atom. The number of piperidine rings is 1. The number of halogens is 3. The monoisotopic (exact) mass is 317 g/mol. The van der Waals surface area contributed by atoms with E-state index in [2.05, 4.69) is 0 Å². The molecule has 3 nitrogen and oxygen atoms in total. The highest BCUT2D eigenvalue weighted by molar-refractivity contribution is 6.36. The smallest absolute Gasteiger partial charge is 0.255 e. The highest BCUT2D eigenvalue weighted by Gasteiger charge is 2.43. The van der Waals surface area contributed by atoms with Crippen molar-refractivity contribution < 1.29 is 14.3 Å². The first-order valence-corrected chi connectivity index (χ1v) is 7.38. The summed E-state index contributed by atoms with van der Waals surface area (Å²) in [7, 11) is 0. The van der Waals surface area contributed by atoms with Crippen LogP contribution in [0.4, 0.5) is 4.39 Å². The second kappa shape index (κ2) is 5.17. The summed E-state index contributed by atoms with van der Waals surface area (Å²) < 4.78 is 13.6. The fraction of sp³-hybridized carbons (Fsp3) is 0.500. The zero-order valence-electron chi connectivity index (χ0n) is 10.7. The fourth-order valence-corrected chi connectivity index (χ4v) is 3.77. The summed E-state index contributed by atoms with van der Waals surface area (Å²) >= 11 is 11.7. The lowest BCUT2D eigenvalue weighted by atomic mass is 9.98. The molecule has 0 saturated carbocycles. The molecule has 0 spiro atoms. The van der Waals surface area contributed by atoms with Gasteiger partial charge in [-0.1, -0.05) is 23.2 Å². The van der Waals surface area contributed by atoms with Crippen LogP contribution in [0.25, 0.3) is 0 Å². The third-order valence-corrected chi connectivity index (χ3v) is 4.79. The minimum absolute atomic E-state index is 0.0195. The van der Waals surface area contributed by atoms with Gasteiger partial charge in [0.05, 0.1) is 21.7 Å². The van der Waals surface area contributed by atoms with Crippen LogP contribution >= 0.6 is 23.2 Å². The number of nitrogens with zero attached hydrogens (tertiary/aromatic N) is 1. The third kappa shape index (κ3) is 2.30. The molecule has 20 heavy (non-hydrogen) atoms. The van der Waals surface area contributed by atoms with Gasteiger partial charge < -0.3 is 10.0 Å². The standard InChI is InChI=1S/C14H14Cl2FNO2/c15-11-6-12(16)13(17)5-10(11)14(20)18-7-1-2-8(18)4-9(19)3-7/h5-9,19H,1-4H2. The summed E-state index contributed by atoms with van der Waals surface area (Å²) in [5.74, 6) is -0.922. The largest absolute Gasteiger partial charge is 0.393 e. The van der Waals surface area contributed by atoms with Crippen LogP contribution < -0.4 is 0 Å². The molecule has 2 fully saturated rings. The molecule has 1 aromatic rings. The Kier molecular flexibility index (Phi) is 3.65. The van der Waals surface area contributed by atoms with Crippen LogP contribution in [0, 0.1) is 5.82 Å². The lowest BCUT2D eigenvalue weighted by Crippen LogP contribution is -2.48. The zero-order valence-corrected chi connectivity index (χ0v) is 12.2. The normalized spacial score (nSPS) is 28.8. The van der Waals surface area contributed by atoms with Crippen molar-refractivity contribution in [3.05, 3.63) is 33.6 Å². The first-order chi connectivity index (χ1) is 9.47. The Morgan fingerprint density at radius 1 is 1.20 bits per heavy atom. The van der Waals surface area contributed by atoms with Gasteiger partial charge in [0, 0.05) is 12.1 Å². The molecule has 1 amide bonds. The van der Waals surface area contributed by atoms with Crippen LogP contribution in [0.2, 0.25) is 10.0 Å². The van der Waals surface area contributed by atoms with Gasteiger partial charge in [-0.05, 0) is 37.8 Å². The van der Waals surface area contributed by atoms with E-state index in [9.17, 15) is 14.3 Å². The van der Waals surface area contributed by atoms with Crippen molar-refractivity contribution in [2.45, 2.75) is 43.9 Å². The molecule has 0 aliphatic carbocycles. The summed E-state index contributed by atoms with van der Waals surface area (Å²) in [6.07, 6.45) is 2.56. The van der Waals surface area contributed by atoms with Crippen molar-refractivity contribution >= 4 is 29.1 Å². The van der Waals surface area contributed by atoms with Gasteiger partial charge in [0.2, 0.25) is 0 Å². The first kappa shape index (κ1) is 14.1. The molecule has 2 bridgehead atoms. The van der Waals surface area contributed by atoms with E-state index in [-0.39, 0.29) is 39.7 Å². The third-order valence-electron chi connectivity index (χ3n) is 4.18. The molecule has 2 atom stereocenters. The topological polar surface area (TPSA) is 40.5 Å². The number of amides is 1. The van der Waals surface area contributed by atoms with E-state index in [0.29, 0.717) is 12.8 Å². The summed E-state index contributed by atoms with van der Waals surface area (Å²) in [6.45, 7) is 0. The van der Waals surface area contributed by atoms with E-state index >= 15 is 0 Å². The van der Waals surface area contributed by atoms with Crippen molar-refractivity contribution in [3.8, 4) is 0 Å². The molecule has 2 aliphatic rings. The van der Waals surface area contributed by atoms with E-state index in [1.807, 2.05) is 0 Å². The van der Waals surface area contributed by atoms with Gasteiger partial charge in [-0.2, -0.15) is 0 Å². The molecule has 1 N–H and O–H groups in total. The number of benzene rings is 1. The average molecular weight is 318 g/mol. The molecule has 2 saturated heterocycles. The van der Waals surface area contributed by atoms with E-state index in [0.717, 1.165) is 18.9 Å². The van der Waals surface area contributed by atoms with Crippen molar-refractivity contribution in [2.75, 3.05) is 0 Å². The number of hydrogen-bond donors (Lipinski definition) is 1. The molecular formula is C14H14Cl2FNO2. The number of rotatable bonds is 1. The number of carbonyl (C=O) groups excluding carboxylic acids is 1. The summed E-state index contributed by atoms with van der Waals surface area (Å²) in [5.41, 5.74) is 0.141. The van der Waals surface area contributed by atoms with Crippen LogP contribution in [0.3, 0.4) is 0 Å². The lowest BCUT2D eigenvalue weighted by molar-refractivity contribution is 0.0286. The molecule has 3 rings (SSSR count). The molecular weight excluding hydrogens is 304 g/mol. The van der Waals surface area contributed by atoms with Crippen molar-refractivity contribution in [1.29, 1.82) is 0 Å². The Hall–Kier alpha value is -0.840. The maximum Gasteiger partial charge on any atom is 0.255 e. The molecule has 2 unspecified atom stereocenters. The van der Waals surface area contributed by atoms with E-state index in [4.69, 9.17) is 23.2 Å². The van der Waals surface area contributed by atoms with Gasteiger partial charge in [-0.25, -0.2) is 4.39 Å². The SMILES string of the molecule is O=C(c1cc(F)c(Cl)cc1Cl)N1C2CCC1CC(O)C2. The summed E-state index contributed by atoms with van der Waals surface area (Å²) in [5, 5.41) is 9.82. The predicted molar refractivity (Wildman–Crippen MR) is 74.6 cm³/mol. The molecule has 0 radical (unpaired) electrons. The zero-order chi connectivity index (χ0) is 14.4. The van der Waals surface area contributed by atoms with Gasteiger partial charge in [-0.15, -0.1) is 0 Å². The molecule has 2 aliphatic heterocycles. The Balaban J connectivity index is 1.92. The van der Waals surface area contributed by atoms with Gasteiger partial charge in [0.1, 0.15) is 5.82 Å². The van der Waals surface area contributed by atoms with Crippen LogP contribution in [0.1, 0.15) is 36.0 Å². The van der Waals surface area contributed by atoms with E-state index in [1.165, 1.54) is 6.07 Å². The average Bonchev–Trinajstić information content (AvgIpc) is 2.65. The minimum atomic E-state index is -0.649. The molecule has 0 aromatic heterocycles. The number of fused-ring (bicyclic) bond motifs is 2. The molecule has 6 heteroatoms. The Bertz CT molecular complexity index is 552. The first-order valence-electron chi connectivity index (χ1n) is 6.62. The van der Waals surface area contributed by atoms with Gasteiger partial charge in [0.25, 0.3) is 5.91 Å². The van der Waals surface area contributed by atoms with Gasteiger partial charge in [0.15, 0.2) is 0 Å². The van der Waals surface area contributed by atoms with Gasteiger partial charge >= 0.3 is 0 Å². The summed E-state index contributed by atoms with van der Waals surface area (Å²) in [6, 6.07) is 2.39. The van der Waals surface area contributed by atoms with Gasteiger partial charge in [-0.3, -0.25) is 4.79 Å². The number of aliphatic hydroxyl groups is 1. The molecule has 1 aromatic carbocycles. The molecule has 108 valence electrons. The quantitative estimate of drug-likeness (QED) is 0.808. The van der Waals surface area contributed by atoms with Crippen LogP contribution in [0.15, 0.2) is 12.1 Å². The second-order valence-electron chi connectivity index (χ2n) is 5.47. The van der Waals surface area contributed by atoms with Crippen LogP contribution in [-0.2, 0) is 0 Å². The maximum atomic E-state index is 13.6. The Morgan fingerprint density at radius 2 is 1.80 bits per heavy atom. The van der Waals surface area contributed by atoms with E-state index < -0.39 is 5.82 Å². The van der Waals surface area contributed by atoms with Crippen LogP contribution in [0.5, 0.6) is 0 Å². The number of aliphatic hydroxyl groups excluding tert-OH is 1. The summed E-state index contributed by atoms with van der Waals surface area (Å²) in [4.78, 5) is 14.4. The predicted octanol–water partition coefficient (Wildman–Crippen LogP) is 3.26. The Labute approximate surface area is 126 Å². The van der Waals surface area contributed by atoms with Crippen LogP contribution in [-0.4, -0.2) is 34.1 Å². The number of hydrogen-bond acceptors (Lipinski definition) is 2. The fourth-order valence-electron chi connectivity index (χ4n) is 3.31. The van der Waals surface area contributed by atoms with Crippen molar-refractivity contribution in [3.63, 3.8) is 0 Å². The maximum absolute atomic E-state index is 13.6. The highest BCUT2D eigenvalue weighted by atomic mass is 35.5. The van der Waals surface area contributed by atoms with E-state index in [1.54, 1.807) is 4.90 Å². The second-order valence-corrected chi connectivity index (χ2v) is 6.28.